The molecule has 1 aliphatic heterocycles. The number of ether oxygens (including phenoxy) is 1. The number of rotatable bonds is 7. The van der Waals surface area contributed by atoms with E-state index in [1.807, 2.05) is 4.90 Å². The van der Waals surface area contributed by atoms with Crippen LogP contribution in [-0.2, 0) is 17.1 Å². The van der Waals surface area contributed by atoms with Crippen molar-refractivity contribution in [3.63, 3.8) is 0 Å². The Balaban J connectivity index is 0.00000420. The molecule has 2 fully saturated rings. The predicted molar refractivity (Wildman–Crippen MR) is 132 cm³/mol. The van der Waals surface area contributed by atoms with Crippen LogP contribution in [0.25, 0.3) is 0 Å². The number of carbonyl (C=O) groups is 1. The van der Waals surface area contributed by atoms with Gasteiger partial charge in [0.05, 0.1) is 11.9 Å². The van der Waals surface area contributed by atoms with Gasteiger partial charge in [0.25, 0.3) is 15.9 Å². The molecule has 1 amide bonds. The number of nitrogens with zero attached hydrogens (tertiary/aromatic N) is 4. The van der Waals surface area contributed by atoms with Crippen molar-refractivity contribution in [1.29, 1.82) is 0 Å². The van der Waals surface area contributed by atoms with Gasteiger partial charge in [-0.25, -0.2) is 22.2 Å². The quantitative estimate of drug-likeness (QED) is 0.489. The van der Waals surface area contributed by atoms with E-state index in [2.05, 4.69) is 15.0 Å². The maximum absolute atomic E-state index is 14.1. The number of sulfonamides is 1. The van der Waals surface area contributed by atoms with Crippen LogP contribution < -0.4 is 10.1 Å². The van der Waals surface area contributed by atoms with Crippen molar-refractivity contribution in [3.05, 3.63) is 42.4 Å². The Labute approximate surface area is 228 Å². The van der Waals surface area contributed by atoms with Crippen LogP contribution in [0.3, 0.4) is 0 Å². The van der Waals surface area contributed by atoms with Gasteiger partial charge in [0, 0.05) is 64.3 Å². The van der Waals surface area contributed by atoms with Gasteiger partial charge in [-0.05, 0) is 25.0 Å². The van der Waals surface area contributed by atoms with Crippen molar-refractivity contribution < 1.29 is 39.9 Å². The molecular weight excluding hydrogens is 573 g/mol. The van der Waals surface area contributed by atoms with E-state index in [9.17, 15) is 35.2 Å². The van der Waals surface area contributed by atoms with Crippen LogP contribution in [0.15, 0.2) is 41.8 Å². The highest BCUT2D eigenvalue weighted by Crippen LogP contribution is 2.42. The highest BCUT2D eigenvalue weighted by Gasteiger charge is 2.48. The van der Waals surface area contributed by atoms with Crippen molar-refractivity contribution >= 4 is 28.3 Å². The molecule has 0 atom stereocenters. The number of piperazine rings is 1. The molecule has 2 aliphatic rings. The molecule has 2 aromatic rings. The lowest BCUT2D eigenvalue weighted by atomic mass is 9.78. The zero-order chi connectivity index (χ0) is 27.8. The number of imidazole rings is 1. The van der Waals surface area contributed by atoms with E-state index < -0.39 is 52.3 Å². The number of alkyl halides is 5. The molecule has 0 spiro atoms. The Kier molecular flexibility index (Phi) is 9.19. The Bertz CT molecular complexity index is 1260. The topological polar surface area (TPSA) is 96.8 Å². The number of para-hydroxylation sites is 1. The summed E-state index contributed by atoms with van der Waals surface area (Å²) in [5.41, 5.74) is -1.26. The fourth-order valence-corrected chi connectivity index (χ4v) is 6.34. The minimum Gasteiger partial charge on any atom is -0.405 e. The van der Waals surface area contributed by atoms with Crippen LogP contribution in [0, 0.1) is 0 Å². The van der Waals surface area contributed by atoms with Crippen molar-refractivity contribution in [3.8, 4) is 5.75 Å². The average molecular weight is 602 g/mol. The van der Waals surface area contributed by atoms with E-state index in [1.54, 1.807) is 7.05 Å². The standard InChI is InChI=1S/C23H28F5N5O4S.ClH/c1-31-14-19(30-16-31)38(35,36)33-12-10-32(11-13-33)21(6-8-22(24,25)9-7-21)15-29-20(34)17-4-2-3-5-18(17)37-23(26,27)28;/h2-5,14,16H,6-13,15H2,1H3,(H,29,34);1H. The molecule has 218 valence electrons. The second-order valence-corrected chi connectivity index (χ2v) is 11.5. The largest absolute Gasteiger partial charge is 0.573 e. The predicted octanol–water partition coefficient (Wildman–Crippen LogP) is 3.42. The summed E-state index contributed by atoms with van der Waals surface area (Å²) in [6.45, 7) is 0.526. The van der Waals surface area contributed by atoms with Crippen LogP contribution in [-0.4, -0.2) is 83.6 Å². The van der Waals surface area contributed by atoms with E-state index in [0.29, 0.717) is 0 Å². The van der Waals surface area contributed by atoms with Gasteiger partial charge in [-0.15, -0.1) is 25.6 Å². The van der Waals surface area contributed by atoms with Crippen molar-refractivity contribution in [2.45, 2.75) is 48.5 Å². The third-order valence-corrected chi connectivity index (χ3v) is 8.83. The molecule has 1 aromatic carbocycles. The average Bonchev–Trinajstić information content (AvgIpc) is 3.30. The number of benzene rings is 1. The van der Waals surface area contributed by atoms with Crippen molar-refractivity contribution in [1.82, 2.24) is 24.1 Å². The van der Waals surface area contributed by atoms with E-state index in [-0.39, 0.29) is 68.6 Å². The number of halogens is 6. The number of hydrogen-bond donors (Lipinski definition) is 1. The zero-order valence-electron chi connectivity index (χ0n) is 21.0. The van der Waals surface area contributed by atoms with Crippen molar-refractivity contribution in [2.24, 2.45) is 7.05 Å². The Morgan fingerprint density at radius 3 is 2.26 bits per heavy atom. The second-order valence-electron chi connectivity index (χ2n) is 9.58. The van der Waals surface area contributed by atoms with Gasteiger partial charge in [-0.1, -0.05) is 12.1 Å². The molecule has 1 saturated heterocycles. The molecule has 0 bridgehead atoms. The molecule has 16 heteroatoms. The summed E-state index contributed by atoms with van der Waals surface area (Å²) >= 11 is 0. The first-order valence-corrected chi connectivity index (χ1v) is 13.4. The molecule has 1 aliphatic carbocycles. The van der Waals surface area contributed by atoms with Crippen LogP contribution in [0.5, 0.6) is 5.75 Å². The number of carbonyl (C=O) groups excluding carboxylic acids is 1. The van der Waals surface area contributed by atoms with E-state index in [0.717, 1.165) is 6.07 Å². The van der Waals surface area contributed by atoms with E-state index >= 15 is 0 Å². The molecule has 0 radical (unpaired) electrons. The van der Waals surface area contributed by atoms with E-state index in [4.69, 9.17) is 0 Å². The molecule has 39 heavy (non-hydrogen) atoms. The minimum atomic E-state index is -5.00. The first kappa shape index (κ1) is 31.0. The minimum absolute atomic E-state index is 0. The second kappa shape index (κ2) is 11.6. The third-order valence-electron chi connectivity index (χ3n) is 7.04. The van der Waals surface area contributed by atoms with Gasteiger partial charge < -0.3 is 14.6 Å². The Hall–Kier alpha value is -2.49. The summed E-state index contributed by atoms with van der Waals surface area (Å²) < 4.78 is 99.1. The number of nitrogens with one attached hydrogen (secondary N) is 1. The summed E-state index contributed by atoms with van der Waals surface area (Å²) in [5, 5.41) is 2.52. The molecular formula is C23H29ClF5N5O4S. The smallest absolute Gasteiger partial charge is 0.405 e. The van der Waals surface area contributed by atoms with Gasteiger partial charge in [0.15, 0.2) is 5.03 Å². The summed E-state index contributed by atoms with van der Waals surface area (Å²) in [7, 11) is -2.19. The molecule has 2 heterocycles. The first-order valence-electron chi connectivity index (χ1n) is 11.9. The lowest BCUT2D eigenvalue weighted by Gasteiger charge is -2.50. The maximum atomic E-state index is 14.1. The summed E-state index contributed by atoms with van der Waals surface area (Å²) in [6.07, 6.45) is -3.04. The number of aryl methyl sites for hydroxylation is 1. The highest BCUT2D eigenvalue weighted by molar-refractivity contribution is 7.89. The van der Waals surface area contributed by atoms with E-state index in [1.165, 1.54) is 39.6 Å². The maximum Gasteiger partial charge on any atom is 0.573 e. The monoisotopic (exact) mass is 601 g/mol. The van der Waals surface area contributed by atoms with Crippen LogP contribution in [0.2, 0.25) is 0 Å². The van der Waals surface area contributed by atoms with Gasteiger partial charge in [0.2, 0.25) is 5.92 Å². The van der Waals surface area contributed by atoms with Crippen molar-refractivity contribution in [2.75, 3.05) is 32.7 Å². The summed E-state index contributed by atoms with van der Waals surface area (Å²) in [6, 6.07) is 4.87. The number of hydrogen-bond acceptors (Lipinski definition) is 6. The first-order chi connectivity index (χ1) is 17.7. The van der Waals surface area contributed by atoms with Gasteiger partial charge in [-0.2, -0.15) is 4.31 Å². The summed E-state index contributed by atoms with van der Waals surface area (Å²) in [4.78, 5) is 18.7. The fourth-order valence-electron chi connectivity index (χ4n) is 4.95. The van der Waals surface area contributed by atoms with Crippen LogP contribution in [0.1, 0.15) is 36.0 Å². The lowest BCUT2D eigenvalue weighted by molar-refractivity contribution is -0.274. The molecule has 4 rings (SSSR count). The van der Waals surface area contributed by atoms with Gasteiger partial charge >= 0.3 is 6.36 Å². The molecule has 9 nitrogen and oxygen atoms in total. The molecule has 1 N–H and O–H groups in total. The van der Waals surface area contributed by atoms with Gasteiger partial charge in [0.1, 0.15) is 5.75 Å². The SMILES string of the molecule is Cl.Cn1cnc(S(=O)(=O)N2CCN(C3(CNC(=O)c4ccccc4OC(F)(F)F)CCC(F)(F)CC3)CC2)c1. The molecule has 1 saturated carbocycles. The number of aromatic nitrogens is 2. The molecule has 0 unspecified atom stereocenters. The highest BCUT2D eigenvalue weighted by atomic mass is 35.5. The Morgan fingerprint density at radius 2 is 1.69 bits per heavy atom. The zero-order valence-corrected chi connectivity index (χ0v) is 22.6. The fraction of sp³-hybridized carbons (Fsp3) is 0.565. The Morgan fingerprint density at radius 1 is 1.08 bits per heavy atom. The third kappa shape index (κ3) is 7.18. The normalized spacial score (nSPS) is 20.2. The number of amides is 1. The molecule has 1 aromatic heterocycles. The summed E-state index contributed by atoms with van der Waals surface area (Å²) in [5.74, 6) is -4.38. The van der Waals surface area contributed by atoms with Crippen LogP contribution in [0.4, 0.5) is 22.0 Å². The lowest BCUT2D eigenvalue weighted by Crippen LogP contribution is -2.63. The van der Waals surface area contributed by atoms with Crippen LogP contribution >= 0.6 is 12.4 Å². The van der Waals surface area contributed by atoms with Gasteiger partial charge in [-0.3, -0.25) is 9.69 Å².